The number of aromatic nitrogens is 1. The van der Waals surface area contributed by atoms with Crippen molar-refractivity contribution in [3.8, 4) is 5.75 Å². The molecule has 2 heterocycles. The Kier molecular flexibility index (Phi) is 7.16. The van der Waals surface area contributed by atoms with Crippen molar-refractivity contribution in [3.05, 3.63) is 89.7 Å². The van der Waals surface area contributed by atoms with Gasteiger partial charge >= 0.3 is 5.91 Å². The van der Waals surface area contributed by atoms with Crippen molar-refractivity contribution in [1.82, 2.24) is 15.7 Å². The number of hydrogen-bond donors (Lipinski definition) is 3. The molecule has 0 aliphatic carbocycles. The van der Waals surface area contributed by atoms with Crippen LogP contribution < -0.4 is 20.9 Å². The first-order valence-electron chi connectivity index (χ1n) is 10.7. The molecule has 4 rings (SSSR count). The third kappa shape index (κ3) is 5.67. The van der Waals surface area contributed by atoms with Gasteiger partial charge in [-0.15, -0.1) is 0 Å². The van der Waals surface area contributed by atoms with Crippen LogP contribution in [0.2, 0.25) is 0 Å². The molecule has 0 atom stereocenters. The first-order chi connectivity index (χ1) is 16.1. The molecule has 0 saturated heterocycles. The molecule has 3 N–H and O–H groups in total. The van der Waals surface area contributed by atoms with Crippen molar-refractivity contribution >= 4 is 22.6 Å². The SMILES string of the molecule is Cc1c(C(=O)NNc2ccc(F)cc2)oc2cccc(OCCCNCc3cccnc3)c12. The lowest BCUT2D eigenvalue weighted by molar-refractivity contribution is 0.0936. The van der Waals surface area contributed by atoms with Crippen LogP contribution in [0.15, 0.2) is 71.4 Å². The van der Waals surface area contributed by atoms with Gasteiger partial charge < -0.3 is 14.5 Å². The van der Waals surface area contributed by atoms with Gasteiger partial charge in [0.1, 0.15) is 17.1 Å². The third-order valence-electron chi connectivity index (χ3n) is 5.09. The minimum atomic E-state index is -0.432. The molecule has 0 bridgehead atoms. The zero-order valence-electron chi connectivity index (χ0n) is 18.2. The standard InChI is InChI=1S/C25H25FN4O3/c1-17-23-21(32-14-4-13-28-16-18-5-3-12-27-15-18)6-2-7-22(23)33-24(17)25(31)30-29-20-10-8-19(26)9-11-20/h2-3,5-12,15,28-29H,4,13-14,16H2,1H3,(H,30,31). The van der Waals surface area contributed by atoms with Crippen LogP contribution in [0, 0.1) is 12.7 Å². The molecule has 2 aromatic heterocycles. The number of ether oxygens (including phenoxy) is 1. The number of nitrogens with zero attached hydrogens (tertiary/aromatic N) is 1. The van der Waals surface area contributed by atoms with E-state index in [1.165, 1.54) is 24.3 Å². The molecule has 7 nitrogen and oxygen atoms in total. The zero-order chi connectivity index (χ0) is 23.0. The molecule has 0 fully saturated rings. The van der Waals surface area contributed by atoms with Gasteiger partial charge in [0.15, 0.2) is 5.76 Å². The third-order valence-corrected chi connectivity index (χ3v) is 5.09. The van der Waals surface area contributed by atoms with Crippen LogP contribution in [0.25, 0.3) is 11.0 Å². The molecule has 0 unspecified atom stereocenters. The van der Waals surface area contributed by atoms with Gasteiger partial charge in [0.05, 0.1) is 17.7 Å². The van der Waals surface area contributed by atoms with Gasteiger partial charge in [0.25, 0.3) is 0 Å². The number of anilines is 1. The second kappa shape index (κ2) is 10.6. The van der Waals surface area contributed by atoms with Crippen LogP contribution >= 0.6 is 0 Å². The summed E-state index contributed by atoms with van der Waals surface area (Å²) in [6, 6.07) is 15.1. The molecule has 8 heteroatoms. The number of aryl methyl sites for hydroxylation is 1. The van der Waals surface area contributed by atoms with Crippen LogP contribution in [0.4, 0.5) is 10.1 Å². The molecular weight excluding hydrogens is 423 g/mol. The number of amides is 1. The molecule has 0 radical (unpaired) electrons. The van der Waals surface area contributed by atoms with Crippen molar-refractivity contribution in [2.45, 2.75) is 19.9 Å². The average Bonchev–Trinajstić information content (AvgIpc) is 3.18. The Balaban J connectivity index is 1.33. The van der Waals surface area contributed by atoms with E-state index < -0.39 is 5.91 Å². The lowest BCUT2D eigenvalue weighted by Crippen LogP contribution is -2.29. The largest absolute Gasteiger partial charge is 0.493 e. The normalized spacial score (nSPS) is 10.8. The van der Waals surface area contributed by atoms with Crippen molar-refractivity contribution in [3.63, 3.8) is 0 Å². The van der Waals surface area contributed by atoms with E-state index in [9.17, 15) is 9.18 Å². The summed E-state index contributed by atoms with van der Waals surface area (Å²) in [5.41, 5.74) is 8.29. The molecule has 0 saturated carbocycles. The first kappa shape index (κ1) is 22.3. The minimum Gasteiger partial charge on any atom is -0.493 e. The lowest BCUT2D eigenvalue weighted by Gasteiger charge is -2.09. The van der Waals surface area contributed by atoms with Crippen molar-refractivity contribution in [2.24, 2.45) is 0 Å². The summed E-state index contributed by atoms with van der Waals surface area (Å²) in [7, 11) is 0. The Bertz CT molecular complexity index is 1210. The number of carbonyl (C=O) groups is 1. The molecular formula is C25H25FN4O3. The van der Waals surface area contributed by atoms with E-state index >= 15 is 0 Å². The fourth-order valence-corrected chi connectivity index (χ4v) is 3.44. The van der Waals surface area contributed by atoms with Gasteiger partial charge in [-0.2, -0.15) is 0 Å². The van der Waals surface area contributed by atoms with Gasteiger partial charge in [0.2, 0.25) is 0 Å². The summed E-state index contributed by atoms with van der Waals surface area (Å²) in [5, 5.41) is 4.14. The highest BCUT2D eigenvalue weighted by molar-refractivity contribution is 6.01. The summed E-state index contributed by atoms with van der Waals surface area (Å²) in [6.07, 6.45) is 4.42. The van der Waals surface area contributed by atoms with Crippen LogP contribution in [-0.2, 0) is 6.54 Å². The molecule has 1 amide bonds. The molecule has 0 spiro atoms. The van der Waals surface area contributed by atoms with E-state index in [4.69, 9.17) is 9.15 Å². The highest BCUT2D eigenvalue weighted by Gasteiger charge is 2.20. The summed E-state index contributed by atoms with van der Waals surface area (Å²) in [5.74, 6) is 0.0794. The highest BCUT2D eigenvalue weighted by atomic mass is 19.1. The van der Waals surface area contributed by atoms with E-state index in [0.717, 1.165) is 30.5 Å². The maximum Gasteiger partial charge on any atom is 0.305 e. The summed E-state index contributed by atoms with van der Waals surface area (Å²) in [6.45, 7) is 3.91. The van der Waals surface area contributed by atoms with E-state index in [0.29, 0.717) is 29.2 Å². The van der Waals surface area contributed by atoms with Gasteiger partial charge in [0, 0.05) is 24.5 Å². The number of hydrogen-bond acceptors (Lipinski definition) is 6. The van der Waals surface area contributed by atoms with Gasteiger partial charge in [-0.05, 0) is 67.9 Å². The number of rotatable bonds is 10. The second-order valence-electron chi connectivity index (χ2n) is 7.51. The molecule has 33 heavy (non-hydrogen) atoms. The number of benzene rings is 2. The second-order valence-corrected chi connectivity index (χ2v) is 7.51. The highest BCUT2D eigenvalue weighted by Crippen LogP contribution is 2.33. The summed E-state index contributed by atoms with van der Waals surface area (Å²) in [4.78, 5) is 16.7. The molecule has 2 aromatic carbocycles. The number of nitrogens with one attached hydrogen (secondary N) is 3. The number of pyridine rings is 1. The number of fused-ring (bicyclic) bond motifs is 1. The van der Waals surface area contributed by atoms with E-state index in [1.54, 1.807) is 12.3 Å². The molecule has 4 aromatic rings. The monoisotopic (exact) mass is 448 g/mol. The Morgan fingerprint density at radius 3 is 2.76 bits per heavy atom. The first-order valence-corrected chi connectivity index (χ1v) is 10.7. The maximum atomic E-state index is 13.0. The predicted octanol–water partition coefficient (Wildman–Crippen LogP) is 4.59. The topological polar surface area (TPSA) is 88.4 Å². The quantitative estimate of drug-likeness (QED) is 0.243. The van der Waals surface area contributed by atoms with Crippen LogP contribution in [0.1, 0.15) is 28.1 Å². The maximum absolute atomic E-state index is 13.0. The van der Waals surface area contributed by atoms with E-state index in [2.05, 4.69) is 21.2 Å². The Morgan fingerprint density at radius 2 is 1.97 bits per heavy atom. The number of hydrazine groups is 1. The molecule has 0 aliphatic heterocycles. The Morgan fingerprint density at radius 1 is 1.12 bits per heavy atom. The minimum absolute atomic E-state index is 0.189. The van der Waals surface area contributed by atoms with Gasteiger partial charge in [-0.3, -0.25) is 20.6 Å². The number of halogens is 1. The van der Waals surface area contributed by atoms with Crippen LogP contribution in [0.3, 0.4) is 0 Å². The van der Waals surface area contributed by atoms with E-state index in [-0.39, 0.29) is 11.6 Å². The van der Waals surface area contributed by atoms with Crippen molar-refractivity contribution in [2.75, 3.05) is 18.6 Å². The smallest absolute Gasteiger partial charge is 0.305 e. The van der Waals surface area contributed by atoms with Gasteiger partial charge in [-0.1, -0.05) is 12.1 Å². The molecule has 170 valence electrons. The zero-order valence-corrected chi connectivity index (χ0v) is 18.2. The summed E-state index contributed by atoms with van der Waals surface area (Å²) < 4.78 is 24.8. The molecule has 0 aliphatic rings. The lowest BCUT2D eigenvalue weighted by atomic mass is 10.1. The average molecular weight is 448 g/mol. The number of furan rings is 1. The van der Waals surface area contributed by atoms with Crippen molar-refractivity contribution in [1.29, 1.82) is 0 Å². The predicted molar refractivity (Wildman–Crippen MR) is 124 cm³/mol. The van der Waals surface area contributed by atoms with E-state index in [1.807, 2.05) is 37.4 Å². The number of carbonyl (C=O) groups excluding carboxylic acids is 1. The van der Waals surface area contributed by atoms with Crippen molar-refractivity contribution < 1.29 is 18.3 Å². The fraction of sp³-hybridized carbons (Fsp3) is 0.200. The van der Waals surface area contributed by atoms with Crippen LogP contribution in [-0.4, -0.2) is 24.0 Å². The summed E-state index contributed by atoms with van der Waals surface area (Å²) >= 11 is 0. The van der Waals surface area contributed by atoms with Gasteiger partial charge in [-0.25, -0.2) is 4.39 Å². The fourth-order valence-electron chi connectivity index (χ4n) is 3.44. The Labute approximate surface area is 190 Å². The Hall–Kier alpha value is -3.91. The van der Waals surface area contributed by atoms with Crippen LogP contribution in [0.5, 0.6) is 5.75 Å².